The van der Waals surface area contributed by atoms with Crippen LogP contribution in [-0.2, 0) is 4.74 Å². The van der Waals surface area contributed by atoms with Gasteiger partial charge in [-0.3, -0.25) is 20.2 Å². The van der Waals surface area contributed by atoms with Crippen LogP contribution in [0.5, 0.6) is 0 Å². The number of nitro groups is 2. The third-order valence-corrected chi connectivity index (χ3v) is 3.40. The molecule has 0 N–H and O–H groups in total. The van der Waals surface area contributed by atoms with Crippen LogP contribution in [0.3, 0.4) is 0 Å². The molecule has 0 fully saturated rings. The number of hydrogen-bond donors (Lipinski definition) is 0. The molecule has 9 nitrogen and oxygen atoms in total. The summed E-state index contributed by atoms with van der Waals surface area (Å²) >= 11 is 0. The first-order valence-corrected chi connectivity index (χ1v) is 7.22. The zero-order valence-electron chi connectivity index (χ0n) is 13.3. The summed E-state index contributed by atoms with van der Waals surface area (Å²) in [5, 5.41) is 20.7. The Kier molecular flexibility index (Phi) is 5.85. The van der Waals surface area contributed by atoms with Crippen molar-refractivity contribution in [1.29, 1.82) is 0 Å². The lowest BCUT2D eigenvalue weighted by atomic mass is 10.1. The number of halogens is 2. The van der Waals surface area contributed by atoms with E-state index < -0.39 is 34.4 Å². The first-order chi connectivity index (χ1) is 12.7. The number of esters is 2. The van der Waals surface area contributed by atoms with E-state index in [1.165, 1.54) is 0 Å². The van der Waals surface area contributed by atoms with Crippen LogP contribution in [0.1, 0.15) is 44.4 Å². The van der Waals surface area contributed by atoms with E-state index in [4.69, 9.17) is 0 Å². The summed E-state index contributed by atoms with van der Waals surface area (Å²) in [6, 6.07) is 8.21. The molecule has 2 unspecified atom stereocenters. The molecule has 2 aromatic carbocycles. The Morgan fingerprint density at radius 2 is 1.04 bits per heavy atom. The topological polar surface area (TPSA) is 130 Å². The van der Waals surface area contributed by atoms with Crippen molar-refractivity contribution in [3.63, 3.8) is 0 Å². The number of nitrogens with zero attached hydrogens (tertiary/aromatic N) is 2. The number of carbonyl (C=O) groups excluding carboxylic acids is 2. The molecule has 2 rings (SSSR count). The van der Waals surface area contributed by atoms with Gasteiger partial charge in [0.1, 0.15) is 0 Å². The van der Waals surface area contributed by atoms with Crippen LogP contribution in [0, 0.1) is 20.2 Å². The largest absolute Gasteiger partial charge is 0.386 e. The summed E-state index contributed by atoms with van der Waals surface area (Å²) in [5.41, 5.74) is -0.886. The average molecular weight is 380 g/mol. The molecular formula is C16H10F2N2O7. The fourth-order valence-electron chi connectivity index (χ4n) is 2.00. The van der Waals surface area contributed by atoms with Gasteiger partial charge in [-0.2, -0.15) is 8.78 Å². The second-order valence-corrected chi connectivity index (χ2v) is 5.16. The molecule has 0 bridgehead atoms. The number of rotatable bonds is 6. The van der Waals surface area contributed by atoms with Crippen molar-refractivity contribution in [3.8, 4) is 0 Å². The minimum absolute atomic E-state index is 0.156. The highest BCUT2D eigenvalue weighted by atomic mass is 19.1. The monoisotopic (exact) mass is 380 g/mol. The van der Waals surface area contributed by atoms with E-state index in [1.807, 2.05) is 0 Å². The van der Waals surface area contributed by atoms with Gasteiger partial charge in [0.2, 0.25) is 0 Å². The minimum atomic E-state index is -2.45. The number of alkyl halides is 2. The van der Waals surface area contributed by atoms with E-state index in [1.54, 1.807) is 0 Å². The van der Waals surface area contributed by atoms with E-state index in [0.29, 0.717) is 0 Å². The predicted octanol–water partition coefficient (Wildman–Crippen LogP) is 3.17. The first-order valence-electron chi connectivity index (χ1n) is 7.22. The standard InChI is InChI=1S/C16H10F2N2O7/c17-13(19(23)24)9-1-5-11(6-2-9)15(21)27-16(22)12-7-3-10(4-8-12)14(18)20(25)26/h1-8,13-14H. The lowest BCUT2D eigenvalue weighted by molar-refractivity contribution is -0.561. The fraction of sp³-hybridized carbons (Fsp3) is 0.125. The van der Waals surface area contributed by atoms with Crippen LogP contribution in [0.4, 0.5) is 8.78 Å². The third-order valence-electron chi connectivity index (χ3n) is 3.40. The number of benzene rings is 2. The number of carbonyl (C=O) groups is 2. The molecule has 11 heteroatoms. The van der Waals surface area contributed by atoms with Gasteiger partial charge in [-0.1, -0.05) is 0 Å². The molecule has 0 saturated heterocycles. The van der Waals surface area contributed by atoms with Gasteiger partial charge < -0.3 is 4.74 Å². The second kappa shape index (κ2) is 8.08. The maximum atomic E-state index is 13.2. The Hall–Kier alpha value is -3.76. The van der Waals surface area contributed by atoms with E-state index >= 15 is 0 Å². The quantitative estimate of drug-likeness (QED) is 0.247. The summed E-state index contributed by atoms with van der Waals surface area (Å²) in [4.78, 5) is 42.2. The molecule has 0 aliphatic rings. The highest BCUT2D eigenvalue weighted by molar-refractivity contribution is 6.02. The molecule has 27 heavy (non-hydrogen) atoms. The van der Waals surface area contributed by atoms with Crippen LogP contribution in [0.15, 0.2) is 48.5 Å². The smallest absolute Gasteiger partial charge is 0.375 e. The summed E-state index contributed by atoms with van der Waals surface area (Å²) < 4.78 is 31.0. The van der Waals surface area contributed by atoms with Crippen molar-refractivity contribution in [2.24, 2.45) is 0 Å². The maximum absolute atomic E-state index is 13.2. The Morgan fingerprint density at radius 3 is 1.30 bits per heavy atom. The van der Waals surface area contributed by atoms with Gasteiger partial charge >= 0.3 is 24.5 Å². The molecule has 0 radical (unpaired) electrons. The summed E-state index contributed by atoms with van der Waals surface area (Å²) in [7, 11) is 0. The molecule has 2 aromatic rings. The molecule has 0 heterocycles. The minimum Gasteiger partial charge on any atom is -0.386 e. The van der Waals surface area contributed by atoms with Gasteiger partial charge in [0.15, 0.2) is 0 Å². The molecule has 2 atom stereocenters. The van der Waals surface area contributed by atoms with Gasteiger partial charge in [0, 0.05) is 0 Å². The molecule has 140 valence electrons. The lowest BCUT2D eigenvalue weighted by Gasteiger charge is -2.05. The summed E-state index contributed by atoms with van der Waals surface area (Å²) in [6.07, 6.45) is -4.90. The van der Waals surface area contributed by atoms with Crippen molar-refractivity contribution in [2.75, 3.05) is 0 Å². The van der Waals surface area contributed by atoms with Crippen molar-refractivity contribution in [3.05, 3.63) is 91.0 Å². The molecule has 0 amide bonds. The molecular weight excluding hydrogens is 370 g/mol. The van der Waals surface area contributed by atoms with E-state index in [-0.39, 0.29) is 22.3 Å². The van der Waals surface area contributed by atoms with Crippen LogP contribution in [-0.4, -0.2) is 21.8 Å². The number of ether oxygens (including phenoxy) is 1. The zero-order valence-corrected chi connectivity index (χ0v) is 13.3. The van der Waals surface area contributed by atoms with Crippen LogP contribution >= 0.6 is 0 Å². The van der Waals surface area contributed by atoms with E-state index in [2.05, 4.69) is 4.74 Å². The average Bonchev–Trinajstić information content (AvgIpc) is 2.66. The van der Waals surface area contributed by atoms with Crippen LogP contribution in [0.2, 0.25) is 0 Å². The maximum Gasteiger partial charge on any atom is 0.375 e. The highest BCUT2D eigenvalue weighted by Gasteiger charge is 2.23. The fourth-order valence-corrected chi connectivity index (χ4v) is 2.00. The molecule has 0 spiro atoms. The normalized spacial score (nSPS) is 12.7. The van der Waals surface area contributed by atoms with E-state index in [9.17, 15) is 38.6 Å². The highest BCUT2D eigenvalue weighted by Crippen LogP contribution is 2.20. The predicted molar refractivity (Wildman–Crippen MR) is 84.3 cm³/mol. The van der Waals surface area contributed by atoms with Crippen LogP contribution in [0.25, 0.3) is 0 Å². The van der Waals surface area contributed by atoms with Crippen molar-refractivity contribution < 1.29 is 33.0 Å². The van der Waals surface area contributed by atoms with Crippen molar-refractivity contribution in [2.45, 2.75) is 12.6 Å². The Balaban J connectivity index is 2.06. The third kappa shape index (κ3) is 4.66. The first kappa shape index (κ1) is 19.6. The molecule has 0 aromatic heterocycles. The Morgan fingerprint density at radius 1 is 0.741 bits per heavy atom. The number of hydrogen-bond acceptors (Lipinski definition) is 7. The van der Waals surface area contributed by atoms with Gasteiger partial charge in [-0.05, 0) is 48.5 Å². The second-order valence-electron chi connectivity index (χ2n) is 5.16. The van der Waals surface area contributed by atoms with Gasteiger partial charge in [0.05, 0.1) is 32.1 Å². The summed E-state index contributed by atoms with van der Waals surface area (Å²) in [5.74, 6) is -2.19. The van der Waals surface area contributed by atoms with Gasteiger partial charge in [0.25, 0.3) is 0 Å². The van der Waals surface area contributed by atoms with E-state index in [0.717, 1.165) is 48.5 Å². The Labute approximate surface area is 149 Å². The van der Waals surface area contributed by atoms with Gasteiger partial charge in [-0.25, -0.2) is 9.59 Å². The molecule has 0 aliphatic carbocycles. The van der Waals surface area contributed by atoms with Gasteiger partial charge in [-0.15, -0.1) is 0 Å². The zero-order chi connectivity index (χ0) is 20.1. The molecule has 0 aliphatic heterocycles. The molecule has 0 saturated carbocycles. The van der Waals surface area contributed by atoms with Crippen LogP contribution < -0.4 is 0 Å². The summed E-state index contributed by atoms with van der Waals surface area (Å²) in [6.45, 7) is 0. The van der Waals surface area contributed by atoms with Crippen molar-refractivity contribution >= 4 is 11.9 Å². The Bertz CT molecular complexity index is 811. The van der Waals surface area contributed by atoms with Crippen molar-refractivity contribution in [1.82, 2.24) is 0 Å². The lowest BCUT2D eigenvalue weighted by Crippen LogP contribution is -2.13. The SMILES string of the molecule is O=C(OC(=O)c1ccc(C(F)[N+](=O)[O-])cc1)c1ccc(C(F)[N+](=O)[O-])cc1.